The number of carbonyl (C=O) groups is 1. The Morgan fingerprint density at radius 2 is 1.88 bits per heavy atom. The first-order valence-electron chi connectivity index (χ1n) is 8.16. The van der Waals surface area contributed by atoms with Crippen LogP contribution in [-0.4, -0.2) is 26.0 Å². The first-order valence-corrected chi connectivity index (χ1v) is 8.16. The third-order valence-electron chi connectivity index (χ3n) is 3.66. The van der Waals surface area contributed by atoms with Crippen molar-refractivity contribution in [2.24, 2.45) is 4.99 Å². The second-order valence-corrected chi connectivity index (χ2v) is 5.59. The van der Waals surface area contributed by atoms with Gasteiger partial charge in [0.25, 0.3) is 0 Å². The highest BCUT2D eigenvalue weighted by molar-refractivity contribution is 5.90. The van der Waals surface area contributed by atoms with Crippen molar-refractivity contribution in [2.75, 3.05) is 19.5 Å². The van der Waals surface area contributed by atoms with E-state index in [1.54, 1.807) is 38.4 Å². The molecule has 0 bridgehead atoms. The monoisotopic (exact) mass is 358 g/mol. The number of hydrogen-bond donors (Lipinski definition) is 3. The van der Waals surface area contributed by atoms with Gasteiger partial charge >= 0.3 is 0 Å². The van der Waals surface area contributed by atoms with Crippen molar-refractivity contribution in [1.29, 1.82) is 0 Å². The molecule has 0 atom stereocenters. The lowest BCUT2D eigenvalue weighted by Gasteiger charge is -2.14. The number of nitrogens with one attached hydrogen (secondary N) is 3. The Morgan fingerprint density at radius 1 is 1.15 bits per heavy atom. The van der Waals surface area contributed by atoms with Crippen LogP contribution in [0.1, 0.15) is 18.1 Å². The van der Waals surface area contributed by atoms with Crippen LogP contribution in [0.2, 0.25) is 0 Å². The lowest BCUT2D eigenvalue weighted by Crippen LogP contribution is -2.36. The number of ether oxygens (including phenoxy) is 1. The summed E-state index contributed by atoms with van der Waals surface area (Å²) in [5.74, 6) is 0.706. The molecule has 2 aromatic rings. The minimum absolute atomic E-state index is 0.171. The average molecular weight is 358 g/mol. The predicted molar refractivity (Wildman–Crippen MR) is 101 cm³/mol. The fourth-order valence-corrected chi connectivity index (χ4v) is 2.38. The summed E-state index contributed by atoms with van der Waals surface area (Å²) in [5.41, 5.74) is 2.10. The molecule has 7 heteroatoms. The molecule has 0 fully saturated rings. The van der Waals surface area contributed by atoms with Gasteiger partial charge in [0.1, 0.15) is 11.6 Å². The Kier molecular flexibility index (Phi) is 6.96. The number of guanidine groups is 1. The number of halogens is 1. The number of amides is 1. The molecule has 0 saturated carbocycles. The molecule has 2 aromatic carbocycles. The minimum atomic E-state index is -0.259. The standard InChI is InChI=1S/C19H23FN4O2/c1-13(25)24-17-10-14(8-9-18(17)26-3)11-22-19(21-2)23-12-15-6-4-5-7-16(15)20/h4-10H,11-12H2,1-3H3,(H,24,25)(H2,21,22,23). The van der Waals surface area contributed by atoms with Gasteiger partial charge in [-0.1, -0.05) is 24.3 Å². The Bertz CT molecular complexity index is 793. The van der Waals surface area contributed by atoms with E-state index in [2.05, 4.69) is 20.9 Å². The van der Waals surface area contributed by atoms with E-state index in [4.69, 9.17) is 4.74 Å². The smallest absolute Gasteiger partial charge is 0.221 e. The highest BCUT2D eigenvalue weighted by atomic mass is 19.1. The summed E-state index contributed by atoms with van der Waals surface area (Å²) in [6.07, 6.45) is 0. The van der Waals surface area contributed by atoms with Crippen molar-refractivity contribution < 1.29 is 13.9 Å². The van der Waals surface area contributed by atoms with Gasteiger partial charge < -0.3 is 20.7 Å². The van der Waals surface area contributed by atoms with Crippen LogP contribution in [0.15, 0.2) is 47.5 Å². The van der Waals surface area contributed by atoms with Gasteiger partial charge in [0.2, 0.25) is 5.91 Å². The number of benzene rings is 2. The van der Waals surface area contributed by atoms with E-state index in [-0.39, 0.29) is 11.7 Å². The summed E-state index contributed by atoms with van der Waals surface area (Å²) < 4.78 is 18.9. The summed E-state index contributed by atoms with van der Waals surface area (Å²) in [4.78, 5) is 15.4. The van der Waals surface area contributed by atoms with Crippen LogP contribution in [0.25, 0.3) is 0 Å². The minimum Gasteiger partial charge on any atom is -0.495 e. The average Bonchev–Trinajstić information content (AvgIpc) is 2.63. The summed E-state index contributed by atoms with van der Waals surface area (Å²) in [6, 6.07) is 12.1. The maximum Gasteiger partial charge on any atom is 0.221 e. The van der Waals surface area contributed by atoms with Crippen molar-refractivity contribution in [3.8, 4) is 5.75 Å². The van der Waals surface area contributed by atoms with Crippen LogP contribution in [0, 0.1) is 5.82 Å². The molecule has 0 saturated heterocycles. The molecule has 138 valence electrons. The normalized spacial score (nSPS) is 11.0. The Balaban J connectivity index is 1.97. The van der Waals surface area contributed by atoms with Crippen LogP contribution in [0.4, 0.5) is 10.1 Å². The van der Waals surface area contributed by atoms with E-state index in [1.165, 1.54) is 13.0 Å². The molecule has 26 heavy (non-hydrogen) atoms. The Hall–Kier alpha value is -3.09. The zero-order valence-corrected chi connectivity index (χ0v) is 15.1. The van der Waals surface area contributed by atoms with E-state index >= 15 is 0 Å². The summed E-state index contributed by atoms with van der Waals surface area (Å²) in [6.45, 7) is 2.25. The third-order valence-corrected chi connectivity index (χ3v) is 3.66. The van der Waals surface area contributed by atoms with Crippen molar-refractivity contribution in [1.82, 2.24) is 10.6 Å². The van der Waals surface area contributed by atoms with Crippen LogP contribution in [0.3, 0.4) is 0 Å². The number of rotatable bonds is 6. The molecular weight excluding hydrogens is 335 g/mol. The first-order chi connectivity index (χ1) is 12.5. The van der Waals surface area contributed by atoms with Crippen LogP contribution in [-0.2, 0) is 17.9 Å². The second kappa shape index (κ2) is 9.41. The highest BCUT2D eigenvalue weighted by Crippen LogP contribution is 2.25. The molecule has 0 aliphatic heterocycles. The van der Waals surface area contributed by atoms with E-state index < -0.39 is 0 Å². The predicted octanol–water partition coefficient (Wildman–Crippen LogP) is 2.66. The van der Waals surface area contributed by atoms with Crippen LogP contribution in [0.5, 0.6) is 5.75 Å². The molecule has 0 spiro atoms. The van der Waals surface area contributed by atoms with Gasteiger partial charge in [0, 0.05) is 32.6 Å². The molecule has 0 unspecified atom stereocenters. The lowest BCUT2D eigenvalue weighted by molar-refractivity contribution is -0.114. The fourth-order valence-electron chi connectivity index (χ4n) is 2.38. The lowest BCUT2D eigenvalue weighted by atomic mass is 10.2. The molecule has 0 heterocycles. The summed E-state index contributed by atoms with van der Waals surface area (Å²) in [7, 11) is 3.19. The third kappa shape index (κ3) is 5.47. The van der Waals surface area contributed by atoms with Crippen molar-refractivity contribution in [3.05, 3.63) is 59.4 Å². The molecule has 2 rings (SSSR count). The van der Waals surface area contributed by atoms with Gasteiger partial charge in [-0.3, -0.25) is 9.79 Å². The number of carbonyl (C=O) groups excluding carboxylic acids is 1. The van der Waals surface area contributed by atoms with Crippen molar-refractivity contribution >= 4 is 17.6 Å². The van der Waals surface area contributed by atoms with E-state index in [0.29, 0.717) is 36.0 Å². The molecule has 3 N–H and O–H groups in total. The summed E-state index contributed by atoms with van der Waals surface area (Å²) >= 11 is 0. The SMILES string of the molecule is CN=C(NCc1ccc(OC)c(NC(C)=O)c1)NCc1ccccc1F. The molecule has 0 aliphatic carbocycles. The molecule has 0 aromatic heterocycles. The Morgan fingerprint density at radius 3 is 2.54 bits per heavy atom. The topological polar surface area (TPSA) is 74.8 Å². The van der Waals surface area contributed by atoms with Gasteiger partial charge in [-0.05, 0) is 23.8 Å². The number of hydrogen-bond acceptors (Lipinski definition) is 3. The fraction of sp³-hybridized carbons (Fsp3) is 0.263. The molecule has 0 aliphatic rings. The molecule has 0 radical (unpaired) electrons. The molecule has 1 amide bonds. The molecular formula is C19H23FN4O2. The maximum atomic E-state index is 13.7. The van der Waals surface area contributed by atoms with Crippen molar-refractivity contribution in [3.63, 3.8) is 0 Å². The number of anilines is 1. The van der Waals surface area contributed by atoms with E-state index in [0.717, 1.165) is 5.56 Å². The quantitative estimate of drug-likeness (QED) is 0.548. The van der Waals surface area contributed by atoms with Crippen molar-refractivity contribution in [2.45, 2.75) is 20.0 Å². The van der Waals surface area contributed by atoms with E-state index in [9.17, 15) is 9.18 Å². The number of nitrogens with zero attached hydrogens (tertiary/aromatic N) is 1. The maximum absolute atomic E-state index is 13.7. The Labute approximate surface area is 152 Å². The van der Waals surface area contributed by atoms with Gasteiger partial charge in [-0.2, -0.15) is 0 Å². The first kappa shape index (κ1) is 19.2. The van der Waals surface area contributed by atoms with Gasteiger partial charge in [-0.15, -0.1) is 0 Å². The van der Waals surface area contributed by atoms with Gasteiger partial charge in [0.15, 0.2) is 5.96 Å². The zero-order valence-electron chi connectivity index (χ0n) is 15.1. The largest absolute Gasteiger partial charge is 0.495 e. The number of methoxy groups -OCH3 is 1. The summed E-state index contributed by atoms with van der Waals surface area (Å²) in [5, 5.41) is 8.97. The van der Waals surface area contributed by atoms with E-state index in [1.807, 2.05) is 12.1 Å². The van der Waals surface area contributed by atoms with Crippen LogP contribution < -0.4 is 20.7 Å². The van der Waals surface area contributed by atoms with Gasteiger partial charge in [0.05, 0.1) is 12.8 Å². The van der Waals surface area contributed by atoms with Crippen LogP contribution >= 0.6 is 0 Å². The highest BCUT2D eigenvalue weighted by Gasteiger charge is 2.07. The molecule has 6 nitrogen and oxygen atoms in total. The van der Waals surface area contributed by atoms with Gasteiger partial charge in [-0.25, -0.2) is 4.39 Å². The second-order valence-electron chi connectivity index (χ2n) is 5.59. The number of aliphatic imine (C=N–C) groups is 1. The zero-order chi connectivity index (χ0) is 18.9.